The van der Waals surface area contributed by atoms with Crippen molar-refractivity contribution in [3.8, 4) is 5.75 Å². The zero-order chi connectivity index (χ0) is 12.3. The Labute approximate surface area is 106 Å². The molecule has 2 aromatic rings. The van der Waals surface area contributed by atoms with Gasteiger partial charge < -0.3 is 10.1 Å². The standard InChI is InChI=1S/C13H18N2OS/c1-4-9(3)14-13-15-11-7-6-10(16-5-2)8-12(11)17-13/h6-9H,4-5H2,1-3H3,(H,14,15)/t9-/m1/s1. The third-order valence-corrected chi connectivity index (χ3v) is 3.60. The highest BCUT2D eigenvalue weighted by Crippen LogP contribution is 2.29. The van der Waals surface area contributed by atoms with Crippen molar-refractivity contribution < 1.29 is 4.74 Å². The van der Waals surface area contributed by atoms with Gasteiger partial charge in [0.2, 0.25) is 0 Å². The zero-order valence-corrected chi connectivity index (χ0v) is 11.3. The van der Waals surface area contributed by atoms with Crippen LogP contribution in [0.25, 0.3) is 10.2 Å². The van der Waals surface area contributed by atoms with E-state index >= 15 is 0 Å². The van der Waals surface area contributed by atoms with E-state index in [1.54, 1.807) is 11.3 Å². The zero-order valence-electron chi connectivity index (χ0n) is 10.5. The van der Waals surface area contributed by atoms with E-state index in [-0.39, 0.29) is 0 Å². The molecule has 0 radical (unpaired) electrons. The highest BCUT2D eigenvalue weighted by Gasteiger charge is 2.06. The van der Waals surface area contributed by atoms with Crippen LogP contribution in [0.15, 0.2) is 18.2 Å². The summed E-state index contributed by atoms with van der Waals surface area (Å²) in [5, 5.41) is 4.39. The van der Waals surface area contributed by atoms with E-state index in [4.69, 9.17) is 4.74 Å². The Morgan fingerprint density at radius 3 is 2.94 bits per heavy atom. The molecule has 3 nitrogen and oxygen atoms in total. The molecule has 0 spiro atoms. The number of thiazole rings is 1. The van der Waals surface area contributed by atoms with Gasteiger partial charge in [0.1, 0.15) is 5.75 Å². The van der Waals surface area contributed by atoms with Crippen LogP contribution in [-0.4, -0.2) is 17.6 Å². The molecule has 1 aromatic carbocycles. The van der Waals surface area contributed by atoms with Gasteiger partial charge in [-0.25, -0.2) is 4.98 Å². The molecule has 2 rings (SSSR count). The van der Waals surface area contributed by atoms with Gasteiger partial charge >= 0.3 is 0 Å². The van der Waals surface area contributed by atoms with Crippen molar-refractivity contribution in [3.63, 3.8) is 0 Å². The Bertz CT molecular complexity index is 495. The minimum atomic E-state index is 0.460. The Morgan fingerprint density at radius 2 is 2.24 bits per heavy atom. The van der Waals surface area contributed by atoms with Crippen LogP contribution in [0.3, 0.4) is 0 Å². The third-order valence-electron chi connectivity index (χ3n) is 2.65. The lowest BCUT2D eigenvalue weighted by atomic mass is 10.3. The molecule has 1 aromatic heterocycles. The molecule has 0 saturated carbocycles. The molecule has 0 bridgehead atoms. The maximum atomic E-state index is 5.48. The predicted molar refractivity (Wildman–Crippen MR) is 74.2 cm³/mol. The van der Waals surface area contributed by atoms with Crippen LogP contribution < -0.4 is 10.1 Å². The van der Waals surface area contributed by atoms with Crippen molar-refractivity contribution in [2.75, 3.05) is 11.9 Å². The second-order valence-electron chi connectivity index (χ2n) is 4.04. The van der Waals surface area contributed by atoms with E-state index < -0.39 is 0 Å². The first kappa shape index (κ1) is 12.2. The third kappa shape index (κ3) is 2.88. The lowest BCUT2D eigenvalue weighted by Crippen LogP contribution is -2.12. The van der Waals surface area contributed by atoms with Gasteiger partial charge in [-0.2, -0.15) is 0 Å². The molecule has 0 fully saturated rings. The molecule has 0 unspecified atom stereocenters. The largest absolute Gasteiger partial charge is 0.494 e. The van der Waals surface area contributed by atoms with Gasteiger partial charge in [0, 0.05) is 6.04 Å². The quantitative estimate of drug-likeness (QED) is 0.873. The Balaban J connectivity index is 2.24. The molecular formula is C13H18N2OS. The van der Waals surface area contributed by atoms with Crippen molar-refractivity contribution in [1.29, 1.82) is 0 Å². The monoisotopic (exact) mass is 250 g/mol. The number of aromatic nitrogens is 1. The summed E-state index contributed by atoms with van der Waals surface area (Å²) in [5.41, 5.74) is 1.03. The highest BCUT2D eigenvalue weighted by molar-refractivity contribution is 7.22. The average molecular weight is 250 g/mol. The molecule has 4 heteroatoms. The van der Waals surface area contributed by atoms with Crippen molar-refractivity contribution in [1.82, 2.24) is 4.98 Å². The van der Waals surface area contributed by atoms with Crippen LogP contribution in [0.2, 0.25) is 0 Å². The minimum absolute atomic E-state index is 0.460. The number of hydrogen-bond acceptors (Lipinski definition) is 4. The van der Waals surface area contributed by atoms with Gasteiger partial charge in [0.15, 0.2) is 5.13 Å². The number of nitrogens with zero attached hydrogens (tertiary/aromatic N) is 1. The predicted octanol–water partition coefficient (Wildman–Crippen LogP) is 3.91. The average Bonchev–Trinajstić information content (AvgIpc) is 2.70. The fourth-order valence-corrected chi connectivity index (χ4v) is 2.54. The van der Waals surface area contributed by atoms with Crippen LogP contribution >= 0.6 is 11.3 Å². The first-order valence-electron chi connectivity index (χ1n) is 6.02. The molecule has 0 aliphatic carbocycles. The van der Waals surface area contributed by atoms with Crippen LogP contribution in [-0.2, 0) is 0 Å². The first-order chi connectivity index (χ1) is 8.22. The number of fused-ring (bicyclic) bond motifs is 1. The Kier molecular flexibility index (Phi) is 3.84. The molecular weight excluding hydrogens is 232 g/mol. The summed E-state index contributed by atoms with van der Waals surface area (Å²) in [6.07, 6.45) is 1.10. The van der Waals surface area contributed by atoms with Gasteiger partial charge in [-0.3, -0.25) is 0 Å². The maximum absolute atomic E-state index is 5.48. The van der Waals surface area contributed by atoms with E-state index in [1.807, 2.05) is 19.1 Å². The lowest BCUT2D eigenvalue weighted by molar-refractivity contribution is 0.341. The fraction of sp³-hybridized carbons (Fsp3) is 0.462. The summed E-state index contributed by atoms with van der Waals surface area (Å²) in [5.74, 6) is 0.915. The van der Waals surface area contributed by atoms with Gasteiger partial charge in [-0.1, -0.05) is 18.3 Å². The number of anilines is 1. The van der Waals surface area contributed by atoms with Crippen LogP contribution in [0.5, 0.6) is 5.75 Å². The summed E-state index contributed by atoms with van der Waals surface area (Å²) >= 11 is 1.68. The SMILES string of the molecule is CCOc1ccc2nc(N[C@H](C)CC)sc2c1. The van der Waals surface area contributed by atoms with E-state index in [2.05, 4.69) is 30.2 Å². The number of nitrogens with one attached hydrogen (secondary N) is 1. The molecule has 92 valence electrons. The normalized spacial score (nSPS) is 12.6. The van der Waals surface area contributed by atoms with E-state index in [0.717, 1.165) is 22.8 Å². The number of ether oxygens (including phenoxy) is 1. The highest BCUT2D eigenvalue weighted by atomic mass is 32.1. The van der Waals surface area contributed by atoms with Gasteiger partial charge in [-0.15, -0.1) is 0 Å². The van der Waals surface area contributed by atoms with E-state index in [9.17, 15) is 0 Å². The molecule has 1 atom stereocenters. The van der Waals surface area contributed by atoms with Crippen molar-refractivity contribution in [2.45, 2.75) is 33.2 Å². The molecule has 1 N–H and O–H groups in total. The second kappa shape index (κ2) is 5.36. The van der Waals surface area contributed by atoms with Gasteiger partial charge in [0.25, 0.3) is 0 Å². The number of benzene rings is 1. The topological polar surface area (TPSA) is 34.1 Å². The van der Waals surface area contributed by atoms with Crippen LogP contribution in [0.4, 0.5) is 5.13 Å². The van der Waals surface area contributed by atoms with Crippen LogP contribution in [0, 0.1) is 0 Å². The van der Waals surface area contributed by atoms with Crippen molar-refractivity contribution >= 4 is 26.7 Å². The summed E-state index contributed by atoms with van der Waals surface area (Å²) in [6, 6.07) is 6.50. The number of hydrogen-bond donors (Lipinski definition) is 1. The summed E-state index contributed by atoms with van der Waals surface area (Å²) in [4.78, 5) is 4.55. The molecule has 0 aliphatic rings. The Hall–Kier alpha value is -1.29. The Morgan fingerprint density at radius 1 is 1.41 bits per heavy atom. The van der Waals surface area contributed by atoms with Gasteiger partial charge in [0.05, 0.1) is 16.8 Å². The van der Waals surface area contributed by atoms with E-state index in [0.29, 0.717) is 12.6 Å². The molecule has 0 aliphatic heterocycles. The first-order valence-corrected chi connectivity index (χ1v) is 6.84. The summed E-state index contributed by atoms with van der Waals surface area (Å²) < 4.78 is 6.65. The maximum Gasteiger partial charge on any atom is 0.184 e. The molecule has 0 amide bonds. The van der Waals surface area contributed by atoms with Crippen molar-refractivity contribution in [3.05, 3.63) is 18.2 Å². The minimum Gasteiger partial charge on any atom is -0.494 e. The molecule has 1 heterocycles. The summed E-state index contributed by atoms with van der Waals surface area (Å²) in [6.45, 7) is 7.02. The molecule has 17 heavy (non-hydrogen) atoms. The number of rotatable bonds is 5. The molecule has 0 saturated heterocycles. The second-order valence-corrected chi connectivity index (χ2v) is 5.07. The van der Waals surface area contributed by atoms with Crippen molar-refractivity contribution in [2.24, 2.45) is 0 Å². The van der Waals surface area contributed by atoms with Gasteiger partial charge in [-0.05, 0) is 38.5 Å². The fourth-order valence-electron chi connectivity index (χ4n) is 1.54. The summed E-state index contributed by atoms with van der Waals surface area (Å²) in [7, 11) is 0. The lowest BCUT2D eigenvalue weighted by Gasteiger charge is -2.08. The van der Waals surface area contributed by atoms with Crippen LogP contribution in [0.1, 0.15) is 27.2 Å². The smallest absolute Gasteiger partial charge is 0.184 e. The van der Waals surface area contributed by atoms with E-state index in [1.165, 1.54) is 4.70 Å².